The summed E-state index contributed by atoms with van der Waals surface area (Å²) in [5, 5.41) is 15.4. The molecule has 2 rings (SSSR count). The Kier molecular flexibility index (Phi) is 3.03. The maximum atomic E-state index is 11.2. The van der Waals surface area contributed by atoms with E-state index in [1.54, 1.807) is 0 Å². The third-order valence-corrected chi connectivity index (χ3v) is 2.75. The van der Waals surface area contributed by atoms with Crippen LogP contribution in [0.25, 0.3) is 0 Å². The average Bonchev–Trinajstić information content (AvgIpc) is 2.99. The van der Waals surface area contributed by atoms with Gasteiger partial charge in [0, 0.05) is 12.6 Å². The van der Waals surface area contributed by atoms with Crippen molar-refractivity contribution in [3.05, 3.63) is 0 Å². The lowest BCUT2D eigenvalue weighted by Gasteiger charge is -2.10. The van der Waals surface area contributed by atoms with Crippen LogP contribution >= 0.6 is 0 Å². The molecule has 0 aromatic heterocycles. The highest BCUT2D eigenvalue weighted by atomic mass is 16.3. The molecule has 4 heteroatoms. The molecule has 0 bridgehead atoms. The molecule has 14 heavy (non-hydrogen) atoms. The molecular formula is C10H18N2O2. The minimum atomic E-state index is -0.260. The molecule has 1 unspecified atom stereocenters. The Balaban J connectivity index is 1.50. The van der Waals surface area contributed by atoms with Gasteiger partial charge in [0.2, 0.25) is 5.91 Å². The molecule has 0 aromatic carbocycles. The summed E-state index contributed by atoms with van der Waals surface area (Å²) in [5.41, 5.74) is 0. The molecule has 0 aromatic rings. The second kappa shape index (κ2) is 4.28. The zero-order chi connectivity index (χ0) is 9.97. The van der Waals surface area contributed by atoms with Crippen LogP contribution < -0.4 is 10.6 Å². The van der Waals surface area contributed by atoms with Crippen LogP contribution in [0.15, 0.2) is 0 Å². The maximum Gasteiger partial charge on any atom is 0.234 e. The first kappa shape index (κ1) is 9.93. The van der Waals surface area contributed by atoms with Crippen LogP contribution in [0.4, 0.5) is 0 Å². The van der Waals surface area contributed by atoms with Gasteiger partial charge in [-0.2, -0.15) is 0 Å². The minimum Gasteiger partial charge on any atom is -0.392 e. The van der Waals surface area contributed by atoms with Crippen LogP contribution in [0.5, 0.6) is 0 Å². The lowest BCUT2D eigenvalue weighted by atomic mass is 10.2. The van der Waals surface area contributed by atoms with E-state index < -0.39 is 0 Å². The number of aliphatic hydroxyl groups excluding tert-OH is 1. The Morgan fingerprint density at radius 3 is 2.64 bits per heavy atom. The number of rotatable bonds is 6. The number of aliphatic hydroxyl groups is 1. The first-order chi connectivity index (χ1) is 6.75. The summed E-state index contributed by atoms with van der Waals surface area (Å²) in [4.78, 5) is 11.2. The molecule has 2 fully saturated rings. The average molecular weight is 198 g/mol. The van der Waals surface area contributed by atoms with Crippen LogP contribution in [-0.4, -0.2) is 36.2 Å². The quantitative estimate of drug-likeness (QED) is 0.545. The molecular weight excluding hydrogens is 180 g/mol. The van der Waals surface area contributed by atoms with Gasteiger partial charge < -0.3 is 15.7 Å². The summed E-state index contributed by atoms with van der Waals surface area (Å²) in [6, 6.07) is 0.428. The molecule has 0 saturated heterocycles. The number of hydrogen-bond acceptors (Lipinski definition) is 3. The molecule has 2 aliphatic rings. The van der Waals surface area contributed by atoms with Gasteiger partial charge in [0.25, 0.3) is 0 Å². The molecule has 1 amide bonds. The van der Waals surface area contributed by atoms with Gasteiger partial charge in [-0.3, -0.25) is 4.79 Å². The van der Waals surface area contributed by atoms with Crippen molar-refractivity contribution < 1.29 is 9.90 Å². The fraction of sp³-hybridized carbons (Fsp3) is 0.900. The molecule has 0 radical (unpaired) electrons. The van der Waals surface area contributed by atoms with E-state index >= 15 is 0 Å². The maximum absolute atomic E-state index is 11.2. The summed E-state index contributed by atoms with van der Waals surface area (Å²) in [7, 11) is 0. The Morgan fingerprint density at radius 1 is 1.36 bits per heavy atom. The normalized spacial score (nSPS) is 23.2. The number of carbonyl (C=O) groups is 1. The van der Waals surface area contributed by atoms with Crippen molar-refractivity contribution in [3.8, 4) is 0 Å². The topological polar surface area (TPSA) is 61.4 Å². The summed E-state index contributed by atoms with van der Waals surface area (Å²) in [5.74, 6) is 0.532. The van der Waals surface area contributed by atoms with Crippen LogP contribution in [0.1, 0.15) is 25.7 Å². The lowest BCUT2D eigenvalue weighted by Crippen LogP contribution is -2.38. The van der Waals surface area contributed by atoms with Crippen molar-refractivity contribution in [2.24, 2.45) is 5.92 Å². The standard InChI is InChI=1S/C10H18N2O2/c13-9(7-1-2-7)5-11-6-10(14)12-8-3-4-8/h7-9,11,13H,1-6H2,(H,12,14). The lowest BCUT2D eigenvalue weighted by molar-refractivity contribution is -0.120. The van der Waals surface area contributed by atoms with E-state index in [0.717, 1.165) is 25.7 Å². The minimum absolute atomic E-state index is 0.0514. The van der Waals surface area contributed by atoms with Crippen LogP contribution in [0, 0.1) is 5.92 Å². The number of amides is 1. The van der Waals surface area contributed by atoms with E-state index in [1.165, 1.54) is 0 Å². The van der Waals surface area contributed by atoms with Gasteiger partial charge in [-0.15, -0.1) is 0 Å². The molecule has 80 valence electrons. The van der Waals surface area contributed by atoms with Gasteiger partial charge in [-0.05, 0) is 31.6 Å². The second-order valence-corrected chi connectivity index (χ2v) is 4.38. The highest BCUT2D eigenvalue weighted by molar-refractivity contribution is 5.78. The molecule has 1 atom stereocenters. The van der Waals surface area contributed by atoms with Crippen molar-refractivity contribution in [2.45, 2.75) is 37.8 Å². The largest absolute Gasteiger partial charge is 0.392 e. The Labute approximate surface area is 84.1 Å². The van der Waals surface area contributed by atoms with E-state index in [1.807, 2.05) is 0 Å². The summed E-state index contributed by atoms with van der Waals surface area (Å²) in [6.45, 7) is 0.878. The van der Waals surface area contributed by atoms with Crippen molar-refractivity contribution in [1.29, 1.82) is 0 Å². The first-order valence-electron chi connectivity index (χ1n) is 5.44. The van der Waals surface area contributed by atoms with Gasteiger partial charge in [0.15, 0.2) is 0 Å². The molecule has 0 aliphatic heterocycles. The Morgan fingerprint density at radius 2 is 2.07 bits per heavy atom. The van der Waals surface area contributed by atoms with Gasteiger partial charge in [0.05, 0.1) is 12.6 Å². The fourth-order valence-electron chi connectivity index (χ4n) is 1.49. The molecule has 0 spiro atoms. The third-order valence-electron chi connectivity index (χ3n) is 2.75. The summed E-state index contributed by atoms with van der Waals surface area (Å²) >= 11 is 0. The van der Waals surface area contributed by atoms with Crippen molar-refractivity contribution >= 4 is 5.91 Å². The molecule has 2 saturated carbocycles. The number of hydrogen-bond donors (Lipinski definition) is 3. The zero-order valence-electron chi connectivity index (χ0n) is 8.33. The zero-order valence-corrected chi connectivity index (χ0v) is 8.33. The molecule has 4 nitrogen and oxygen atoms in total. The van der Waals surface area contributed by atoms with E-state index in [2.05, 4.69) is 10.6 Å². The van der Waals surface area contributed by atoms with E-state index in [0.29, 0.717) is 25.0 Å². The first-order valence-corrected chi connectivity index (χ1v) is 5.44. The predicted molar refractivity (Wildman–Crippen MR) is 52.8 cm³/mol. The number of carbonyl (C=O) groups excluding carboxylic acids is 1. The van der Waals surface area contributed by atoms with Gasteiger partial charge in [-0.1, -0.05) is 0 Å². The highest BCUT2D eigenvalue weighted by Crippen LogP contribution is 2.32. The van der Waals surface area contributed by atoms with E-state index in [-0.39, 0.29) is 12.0 Å². The Bertz CT molecular complexity index is 212. The second-order valence-electron chi connectivity index (χ2n) is 4.38. The molecule has 2 aliphatic carbocycles. The van der Waals surface area contributed by atoms with E-state index in [4.69, 9.17) is 0 Å². The third kappa shape index (κ3) is 3.27. The van der Waals surface area contributed by atoms with Crippen molar-refractivity contribution in [3.63, 3.8) is 0 Å². The highest BCUT2D eigenvalue weighted by Gasteiger charge is 2.29. The number of nitrogens with one attached hydrogen (secondary N) is 2. The SMILES string of the molecule is O=C(CNCC(O)C1CC1)NC1CC1. The Hall–Kier alpha value is -0.610. The van der Waals surface area contributed by atoms with Crippen LogP contribution in [-0.2, 0) is 4.79 Å². The molecule has 3 N–H and O–H groups in total. The van der Waals surface area contributed by atoms with Crippen molar-refractivity contribution in [2.75, 3.05) is 13.1 Å². The van der Waals surface area contributed by atoms with Gasteiger partial charge in [-0.25, -0.2) is 0 Å². The fourth-order valence-corrected chi connectivity index (χ4v) is 1.49. The van der Waals surface area contributed by atoms with Crippen LogP contribution in [0.2, 0.25) is 0 Å². The monoisotopic (exact) mass is 198 g/mol. The van der Waals surface area contributed by atoms with Crippen molar-refractivity contribution in [1.82, 2.24) is 10.6 Å². The predicted octanol–water partition coefficient (Wildman–Crippen LogP) is -0.375. The smallest absolute Gasteiger partial charge is 0.234 e. The summed E-state index contributed by atoms with van der Waals surface area (Å²) in [6.07, 6.45) is 4.25. The summed E-state index contributed by atoms with van der Waals surface area (Å²) < 4.78 is 0. The molecule has 0 heterocycles. The van der Waals surface area contributed by atoms with E-state index in [9.17, 15) is 9.90 Å². The van der Waals surface area contributed by atoms with Gasteiger partial charge >= 0.3 is 0 Å². The van der Waals surface area contributed by atoms with Crippen LogP contribution in [0.3, 0.4) is 0 Å². The van der Waals surface area contributed by atoms with Gasteiger partial charge in [0.1, 0.15) is 0 Å².